The Kier molecular flexibility index (Phi) is 3.18. The zero-order chi connectivity index (χ0) is 10.8. The first-order chi connectivity index (χ1) is 6.45. The van der Waals surface area contributed by atoms with E-state index in [1.807, 2.05) is 0 Å². The maximum atomic E-state index is 12.2. The van der Waals surface area contributed by atoms with Crippen molar-refractivity contribution >= 4 is 5.91 Å². The van der Waals surface area contributed by atoms with Crippen LogP contribution < -0.4 is 0 Å². The van der Waals surface area contributed by atoms with Crippen molar-refractivity contribution in [1.82, 2.24) is 4.90 Å². The summed E-state index contributed by atoms with van der Waals surface area (Å²) in [6.45, 7) is 5.26. The van der Waals surface area contributed by atoms with E-state index in [-0.39, 0.29) is 25.9 Å². The Bertz CT molecular complexity index is 229. The highest BCUT2D eigenvalue weighted by Gasteiger charge is 2.41. The molecule has 79 valence electrons. The quantitative estimate of drug-likeness (QED) is 0.599. The van der Waals surface area contributed by atoms with Gasteiger partial charge in [0.1, 0.15) is 0 Å². The zero-order valence-corrected chi connectivity index (χ0v) is 7.55. The summed E-state index contributed by atoms with van der Waals surface area (Å²) < 4.78 is 36.6. The molecular formula is C9H11F3NO. The van der Waals surface area contributed by atoms with E-state index in [1.54, 1.807) is 0 Å². The number of carbonyl (C=O) groups excluding carboxylic acids is 1. The molecule has 0 atom stereocenters. The number of amides is 1. The molecule has 0 bridgehead atoms. The second kappa shape index (κ2) is 4.02. The average molecular weight is 206 g/mol. The van der Waals surface area contributed by atoms with Gasteiger partial charge in [0.05, 0.1) is 5.92 Å². The number of rotatable bonds is 1. The van der Waals surface area contributed by atoms with Crippen LogP contribution in [0.5, 0.6) is 0 Å². The van der Waals surface area contributed by atoms with Crippen LogP contribution in [0.3, 0.4) is 0 Å². The van der Waals surface area contributed by atoms with E-state index in [0.717, 1.165) is 6.08 Å². The van der Waals surface area contributed by atoms with Crippen molar-refractivity contribution in [2.45, 2.75) is 19.0 Å². The summed E-state index contributed by atoms with van der Waals surface area (Å²) >= 11 is 0. The average Bonchev–Trinajstić information content (AvgIpc) is 2.15. The number of hydrogen-bond acceptors (Lipinski definition) is 1. The van der Waals surface area contributed by atoms with Crippen LogP contribution in [0.1, 0.15) is 12.8 Å². The second-order valence-electron chi connectivity index (χ2n) is 3.31. The Hall–Kier alpha value is -1.00. The molecule has 1 radical (unpaired) electrons. The number of nitrogens with zero attached hydrogens (tertiary/aromatic N) is 1. The van der Waals surface area contributed by atoms with Crippen LogP contribution in [-0.2, 0) is 4.79 Å². The molecular weight excluding hydrogens is 195 g/mol. The van der Waals surface area contributed by atoms with Crippen LogP contribution >= 0.6 is 0 Å². The lowest BCUT2D eigenvalue weighted by molar-refractivity contribution is -0.186. The summed E-state index contributed by atoms with van der Waals surface area (Å²) in [7, 11) is 0. The molecule has 1 heterocycles. The molecule has 0 unspecified atom stereocenters. The number of piperidine rings is 1. The number of likely N-dealkylation sites (tertiary alicyclic amines) is 1. The van der Waals surface area contributed by atoms with Crippen molar-refractivity contribution in [3.63, 3.8) is 0 Å². The van der Waals surface area contributed by atoms with Crippen LogP contribution in [0.4, 0.5) is 13.2 Å². The number of hydrogen-bond donors (Lipinski definition) is 0. The molecule has 1 saturated heterocycles. The standard InChI is InChI=1S/C9H11F3NO/c1-2-8(14)13-5-3-7(4-6-13)9(10,11)12/h1-2,7H,3-6H2. The van der Waals surface area contributed by atoms with Gasteiger partial charge >= 0.3 is 6.18 Å². The van der Waals surface area contributed by atoms with Gasteiger partial charge in [0.25, 0.3) is 0 Å². The highest BCUT2D eigenvalue weighted by Crippen LogP contribution is 2.33. The molecule has 1 fully saturated rings. The lowest BCUT2D eigenvalue weighted by Crippen LogP contribution is -2.41. The summed E-state index contributed by atoms with van der Waals surface area (Å²) in [6.07, 6.45) is -3.30. The van der Waals surface area contributed by atoms with Gasteiger partial charge in [-0.3, -0.25) is 4.79 Å². The van der Waals surface area contributed by atoms with Crippen molar-refractivity contribution in [1.29, 1.82) is 0 Å². The first kappa shape index (κ1) is 11.1. The van der Waals surface area contributed by atoms with Gasteiger partial charge in [-0.2, -0.15) is 13.2 Å². The molecule has 5 heteroatoms. The third-order valence-corrected chi connectivity index (χ3v) is 2.41. The summed E-state index contributed by atoms with van der Waals surface area (Å²) in [5, 5.41) is 0. The first-order valence-electron chi connectivity index (χ1n) is 4.35. The molecule has 0 saturated carbocycles. The second-order valence-corrected chi connectivity index (χ2v) is 3.31. The minimum atomic E-state index is -4.14. The predicted octanol–water partition coefficient (Wildman–Crippen LogP) is 1.78. The monoisotopic (exact) mass is 206 g/mol. The Labute approximate surface area is 80.4 Å². The molecule has 1 aliphatic rings. The van der Waals surface area contributed by atoms with Gasteiger partial charge in [-0.1, -0.05) is 6.58 Å². The number of alkyl halides is 3. The maximum Gasteiger partial charge on any atom is 0.391 e. The third kappa shape index (κ3) is 2.49. The van der Waals surface area contributed by atoms with Crippen LogP contribution in [0.25, 0.3) is 0 Å². The van der Waals surface area contributed by atoms with E-state index < -0.39 is 18.0 Å². The summed E-state index contributed by atoms with van der Waals surface area (Å²) in [4.78, 5) is 12.3. The van der Waals surface area contributed by atoms with Gasteiger partial charge < -0.3 is 4.90 Å². The molecule has 0 aromatic heterocycles. The fourth-order valence-electron chi connectivity index (χ4n) is 1.53. The topological polar surface area (TPSA) is 20.3 Å². The Morgan fingerprint density at radius 1 is 1.36 bits per heavy atom. The SMILES string of the molecule is [CH]=CC(=O)N1CCC(C(F)(F)F)CC1. The van der Waals surface area contributed by atoms with Crippen molar-refractivity contribution in [3.05, 3.63) is 12.7 Å². The molecule has 1 aliphatic heterocycles. The van der Waals surface area contributed by atoms with E-state index in [0.29, 0.717) is 0 Å². The van der Waals surface area contributed by atoms with Gasteiger partial charge in [0.2, 0.25) is 5.91 Å². The van der Waals surface area contributed by atoms with Gasteiger partial charge in [0, 0.05) is 19.2 Å². The van der Waals surface area contributed by atoms with E-state index in [4.69, 9.17) is 6.58 Å². The Morgan fingerprint density at radius 3 is 2.21 bits per heavy atom. The summed E-state index contributed by atoms with van der Waals surface area (Å²) in [5.74, 6) is -1.67. The van der Waals surface area contributed by atoms with Crippen molar-refractivity contribution in [2.75, 3.05) is 13.1 Å². The Balaban J connectivity index is 2.46. The first-order valence-corrected chi connectivity index (χ1v) is 4.35. The molecule has 14 heavy (non-hydrogen) atoms. The highest BCUT2D eigenvalue weighted by atomic mass is 19.4. The van der Waals surface area contributed by atoms with Crippen molar-refractivity contribution in [3.8, 4) is 0 Å². The zero-order valence-electron chi connectivity index (χ0n) is 7.55. The normalized spacial score (nSPS) is 19.5. The van der Waals surface area contributed by atoms with Crippen LogP contribution in [-0.4, -0.2) is 30.1 Å². The van der Waals surface area contributed by atoms with Crippen LogP contribution in [0, 0.1) is 12.5 Å². The fraction of sp³-hybridized carbons (Fsp3) is 0.667. The largest absolute Gasteiger partial charge is 0.391 e. The molecule has 1 amide bonds. The van der Waals surface area contributed by atoms with Crippen molar-refractivity contribution in [2.24, 2.45) is 5.92 Å². The van der Waals surface area contributed by atoms with Crippen molar-refractivity contribution < 1.29 is 18.0 Å². The van der Waals surface area contributed by atoms with Gasteiger partial charge in [-0.15, -0.1) is 0 Å². The van der Waals surface area contributed by atoms with E-state index in [9.17, 15) is 18.0 Å². The van der Waals surface area contributed by atoms with Gasteiger partial charge in [0.15, 0.2) is 0 Å². The lowest BCUT2D eigenvalue weighted by atomic mass is 9.96. The fourth-order valence-corrected chi connectivity index (χ4v) is 1.53. The van der Waals surface area contributed by atoms with E-state index in [2.05, 4.69) is 0 Å². The lowest BCUT2D eigenvalue weighted by Gasteiger charge is -2.32. The van der Waals surface area contributed by atoms with Gasteiger partial charge in [-0.25, -0.2) is 0 Å². The minimum absolute atomic E-state index is 0.0247. The highest BCUT2D eigenvalue weighted by molar-refractivity contribution is 5.86. The van der Waals surface area contributed by atoms with E-state index >= 15 is 0 Å². The molecule has 2 nitrogen and oxygen atoms in total. The van der Waals surface area contributed by atoms with Crippen LogP contribution in [0.2, 0.25) is 0 Å². The van der Waals surface area contributed by atoms with E-state index in [1.165, 1.54) is 4.90 Å². The molecule has 0 aromatic rings. The van der Waals surface area contributed by atoms with Gasteiger partial charge in [-0.05, 0) is 12.8 Å². The minimum Gasteiger partial charge on any atom is -0.339 e. The van der Waals surface area contributed by atoms with Crippen LogP contribution in [0.15, 0.2) is 6.08 Å². The molecule has 0 aromatic carbocycles. The summed E-state index contributed by atoms with van der Waals surface area (Å²) in [6, 6.07) is 0. The number of carbonyl (C=O) groups is 1. The number of halogens is 3. The predicted molar refractivity (Wildman–Crippen MR) is 44.2 cm³/mol. The molecule has 0 aliphatic carbocycles. The Morgan fingerprint density at radius 2 is 1.86 bits per heavy atom. The molecule has 1 rings (SSSR count). The third-order valence-electron chi connectivity index (χ3n) is 2.41. The maximum absolute atomic E-state index is 12.2. The molecule has 0 N–H and O–H groups in total. The smallest absolute Gasteiger partial charge is 0.339 e. The summed E-state index contributed by atoms with van der Waals surface area (Å²) in [5.41, 5.74) is 0. The molecule has 0 spiro atoms.